The topological polar surface area (TPSA) is 46.2 Å². The molecule has 0 spiro atoms. The van der Waals surface area contributed by atoms with Crippen LogP contribution < -0.4 is 5.32 Å². The summed E-state index contributed by atoms with van der Waals surface area (Å²) in [4.78, 5) is 1.41. The van der Waals surface area contributed by atoms with Crippen molar-refractivity contribution in [1.82, 2.24) is 5.32 Å². The molecule has 1 heterocycles. The molecule has 0 aromatic carbocycles. The van der Waals surface area contributed by atoms with E-state index in [1.807, 2.05) is 0 Å². The SMILES string of the molecule is CCCNC(CCCc1cccs1)CCS(C)(=O)=O. The van der Waals surface area contributed by atoms with Crippen molar-refractivity contribution in [3.63, 3.8) is 0 Å². The number of sulfone groups is 1. The van der Waals surface area contributed by atoms with Crippen molar-refractivity contribution in [2.75, 3.05) is 18.6 Å². The lowest BCUT2D eigenvalue weighted by Crippen LogP contribution is -2.31. The lowest BCUT2D eigenvalue weighted by atomic mass is 10.1. The quantitative estimate of drug-likeness (QED) is 0.723. The summed E-state index contributed by atoms with van der Waals surface area (Å²) in [5.74, 6) is 0.285. The number of rotatable bonds is 10. The molecule has 0 saturated carbocycles. The van der Waals surface area contributed by atoms with Gasteiger partial charge in [0.25, 0.3) is 0 Å². The van der Waals surface area contributed by atoms with Gasteiger partial charge in [0.2, 0.25) is 0 Å². The van der Waals surface area contributed by atoms with Gasteiger partial charge in [-0.3, -0.25) is 0 Å². The first-order valence-electron chi connectivity index (χ1n) is 6.94. The van der Waals surface area contributed by atoms with Crippen LogP contribution in [0.5, 0.6) is 0 Å². The van der Waals surface area contributed by atoms with Gasteiger partial charge in [0.05, 0.1) is 5.75 Å². The predicted octanol–water partition coefficient (Wildman–Crippen LogP) is 2.87. The molecule has 0 amide bonds. The Morgan fingerprint density at radius 3 is 2.74 bits per heavy atom. The van der Waals surface area contributed by atoms with Crippen LogP contribution in [0, 0.1) is 0 Å². The zero-order valence-corrected chi connectivity index (χ0v) is 13.5. The van der Waals surface area contributed by atoms with Gasteiger partial charge in [-0.1, -0.05) is 13.0 Å². The maximum Gasteiger partial charge on any atom is 0.147 e. The predicted molar refractivity (Wildman–Crippen MR) is 83.7 cm³/mol. The summed E-state index contributed by atoms with van der Waals surface area (Å²) in [7, 11) is -2.85. The fourth-order valence-corrected chi connectivity index (χ4v) is 3.49. The third-order valence-corrected chi connectivity index (χ3v) is 4.99. The third-order valence-electron chi connectivity index (χ3n) is 3.08. The minimum absolute atomic E-state index is 0.285. The molecule has 110 valence electrons. The molecule has 19 heavy (non-hydrogen) atoms. The molecule has 1 unspecified atom stereocenters. The summed E-state index contributed by atoms with van der Waals surface area (Å²) in [6.07, 6.45) is 6.39. The van der Waals surface area contributed by atoms with E-state index in [1.165, 1.54) is 11.1 Å². The lowest BCUT2D eigenvalue weighted by Gasteiger charge is -2.17. The maximum absolute atomic E-state index is 11.2. The van der Waals surface area contributed by atoms with Crippen LogP contribution in [0.25, 0.3) is 0 Å². The Hall–Kier alpha value is -0.390. The fourth-order valence-electron chi connectivity index (χ4n) is 2.03. The van der Waals surface area contributed by atoms with Gasteiger partial charge in [-0.2, -0.15) is 0 Å². The first-order chi connectivity index (χ1) is 9.01. The van der Waals surface area contributed by atoms with Crippen molar-refractivity contribution < 1.29 is 8.42 Å². The van der Waals surface area contributed by atoms with E-state index in [-0.39, 0.29) is 5.75 Å². The number of aryl methyl sites for hydroxylation is 1. The molecule has 1 rings (SSSR count). The Kier molecular flexibility index (Phi) is 7.64. The molecule has 0 fully saturated rings. The summed E-state index contributed by atoms with van der Waals surface area (Å²) in [5, 5.41) is 5.56. The fraction of sp³-hybridized carbons (Fsp3) is 0.714. The van der Waals surface area contributed by atoms with Crippen LogP contribution in [0.15, 0.2) is 17.5 Å². The van der Waals surface area contributed by atoms with Gasteiger partial charge in [-0.15, -0.1) is 11.3 Å². The molecule has 1 atom stereocenters. The monoisotopic (exact) mass is 303 g/mol. The van der Waals surface area contributed by atoms with E-state index in [9.17, 15) is 8.42 Å². The summed E-state index contributed by atoms with van der Waals surface area (Å²) < 4.78 is 22.5. The van der Waals surface area contributed by atoms with Crippen LogP contribution >= 0.6 is 11.3 Å². The molecule has 1 aromatic heterocycles. The van der Waals surface area contributed by atoms with Crippen molar-refractivity contribution in [2.24, 2.45) is 0 Å². The van der Waals surface area contributed by atoms with Gasteiger partial charge in [-0.05, 0) is 50.1 Å². The molecule has 1 aromatic rings. The number of nitrogens with one attached hydrogen (secondary N) is 1. The van der Waals surface area contributed by atoms with Crippen molar-refractivity contribution in [3.05, 3.63) is 22.4 Å². The van der Waals surface area contributed by atoms with Crippen LogP contribution in [0.1, 0.15) is 37.5 Å². The summed E-state index contributed by atoms with van der Waals surface area (Å²) in [6.45, 7) is 3.10. The Morgan fingerprint density at radius 1 is 1.37 bits per heavy atom. The van der Waals surface area contributed by atoms with E-state index >= 15 is 0 Å². The average molecular weight is 303 g/mol. The van der Waals surface area contributed by atoms with Crippen molar-refractivity contribution in [2.45, 2.75) is 45.1 Å². The summed E-state index contributed by atoms with van der Waals surface area (Å²) in [5.41, 5.74) is 0. The number of hydrogen-bond donors (Lipinski definition) is 1. The molecule has 0 aliphatic heterocycles. The average Bonchev–Trinajstić information content (AvgIpc) is 2.84. The minimum atomic E-state index is -2.85. The molecule has 5 heteroatoms. The van der Waals surface area contributed by atoms with Gasteiger partial charge in [-0.25, -0.2) is 8.42 Å². The second-order valence-corrected chi connectivity index (χ2v) is 8.33. The second kappa shape index (κ2) is 8.72. The van der Waals surface area contributed by atoms with Crippen LogP contribution in [-0.4, -0.2) is 33.0 Å². The van der Waals surface area contributed by atoms with Crippen LogP contribution in [0.4, 0.5) is 0 Å². The largest absolute Gasteiger partial charge is 0.314 e. The lowest BCUT2D eigenvalue weighted by molar-refractivity contribution is 0.455. The highest BCUT2D eigenvalue weighted by Gasteiger charge is 2.11. The van der Waals surface area contributed by atoms with Gasteiger partial charge < -0.3 is 5.32 Å². The molecule has 0 radical (unpaired) electrons. The van der Waals surface area contributed by atoms with Crippen LogP contribution in [-0.2, 0) is 16.3 Å². The summed E-state index contributed by atoms with van der Waals surface area (Å²) in [6, 6.07) is 4.57. The zero-order valence-electron chi connectivity index (χ0n) is 11.9. The molecule has 0 saturated heterocycles. The highest BCUT2D eigenvalue weighted by molar-refractivity contribution is 7.90. The Labute approximate surface area is 121 Å². The zero-order chi connectivity index (χ0) is 14.1. The van der Waals surface area contributed by atoms with E-state index in [1.54, 1.807) is 11.3 Å². The van der Waals surface area contributed by atoms with Crippen LogP contribution in [0.2, 0.25) is 0 Å². The molecular formula is C14H25NO2S2. The Balaban J connectivity index is 2.31. The van der Waals surface area contributed by atoms with Gasteiger partial charge >= 0.3 is 0 Å². The third kappa shape index (κ3) is 8.39. The molecule has 0 aliphatic rings. The van der Waals surface area contributed by atoms with E-state index in [0.29, 0.717) is 6.04 Å². The van der Waals surface area contributed by atoms with Gasteiger partial charge in [0.1, 0.15) is 9.84 Å². The highest BCUT2D eigenvalue weighted by Crippen LogP contribution is 2.14. The van der Waals surface area contributed by atoms with Crippen LogP contribution in [0.3, 0.4) is 0 Å². The van der Waals surface area contributed by atoms with E-state index in [2.05, 4.69) is 29.8 Å². The van der Waals surface area contributed by atoms with Gasteiger partial charge in [0, 0.05) is 17.2 Å². The van der Waals surface area contributed by atoms with E-state index in [4.69, 9.17) is 0 Å². The van der Waals surface area contributed by atoms with E-state index < -0.39 is 9.84 Å². The Morgan fingerprint density at radius 2 is 2.16 bits per heavy atom. The molecule has 0 aliphatic carbocycles. The first kappa shape index (κ1) is 16.7. The molecule has 3 nitrogen and oxygen atoms in total. The first-order valence-corrected chi connectivity index (χ1v) is 9.88. The minimum Gasteiger partial charge on any atom is -0.314 e. The molecule has 0 bridgehead atoms. The smallest absolute Gasteiger partial charge is 0.147 e. The highest BCUT2D eigenvalue weighted by atomic mass is 32.2. The van der Waals surface area contributed by atoms with Crippen molar-refractivity contribution in [1.29, 1.82) is 0 Å². The molecular weight excluding hydrogens is 278 g/mol. The van der Waals surface area contributed by atoms with E-state index in [0.717, 1.165) is 38.6 Å². The normalized spacial score (nSPS) is 13.6. The standard InChI is InChI=1S/C14H25NO2S2/c1-3-10-15-13(9-12-19(2,16)17)6-4-7-14-8-5-11-18-14/h5,8,11,13,15H,3-4,6-7,9-10,12H2,1-2H3. The Bertz CT molecular complexity index is 426. The summed E-state index contributed by atoms with van der Waals surface area (Å²) >= 11 is 1.79. The van der Waals surface area contributed by atoms with Crippen molar-refractivity contribution in [3.8, 4) is 0 Å². The number of hydrogen-bond acceptors (Lipinski definition) is 4. The van der Waals surface area contributed by atoms with Gasteiger partial charge in [0.15, 0.2) is 0 Å². The number of thiophene rings is 1. The second-order valence-electron chi connectivity index (χ2n) is 5.04. The van der Waals surface area contributed by atoms with Crippen molar-refractivity contribution >= 4 is 21.2 Å². The maximum atomic E-state index is 11.2. The molecule has 1 N–H and O–H groups in total.